The van der Waals surface area contributed by atoms with Gasteiger partial charge in [-0.3, -0.25) is 9.59 Å². The fourth-order valence-corrected chi connectivity index (χ4v) is 2.34. The lowest BCUT2D eigenvalue weighted by Gasteiger charge is -2.04. The van der Waals surface area contributed by atoms with Gasteiger partial charge in [-0.25, -0.2) is 4.79 Å². The van der Waals surface area contributed by atoms with Crippen LogP contribution in [0.2, 0.25) is 0 Å². The first kappa shape index (κ1) is 19.7. The fraction of sp³-hybridized carbons (Fsp3) is 0.150. The van der Waals surface area contributed by atoms with E-state index in [1.807, 2.05) is 6.92 Å². The molecule has 7 heteroatoms. The lowest BCUT2D eigenvalue weighted by Crippen LogP contribution is -2.09. The van der Waals surface area contributed by atoms with E-state index in [-0.39, 0.29) is 22.8 Å². The normalized spacial score (nSPS) is 10.0. The Bertz CT molecular complexity index is 1060. The predicted octanol–water partition coefficient (Wildman–Crippen LogP) is 2.98. The first-order chi connectivity index (χ1) is 12.7. The van der Waals surface area contributed by atoms with E-state index in [0.717, 1.165) is 10.9 Å². The summed E-state index contributed by atoms with van der Waals surface area (Å²) in [6, 6.07) is 10.2. The summed E-state index contributed by atoms with van der Waals surface area (Å²) < 4.78 is 9.71. The molecule has 140 valence electrons. The first-order valence-corrected chi connectivity index (χ1v) is 7.88. The first-order valence-electron chi connectivity index (χ1n) is 7.88. The number of fused-ring (bicyclic) bond motifs is 1. The molecule has 0 aliphatic rings. The quantitative estimate of drug-likeness (QED) is 0.414. The SMILES string of the molecule is COc1cc(C(=O)C(C)=O)ccc1O.Cc1cc(=O)oc2cc(O)ccc12. The van der Waals surface area contributed by atoms with E-state index in [1.165, 1.54) is 44.4 Å². The number of hydrogen-bond donors (Lipinski definition) is 2. The van der Waals surface area contributed by atoms with Gasteiger partial charge < -0.3 is 19.4 Å². The number of carbonyl (C=O) groups excluding carboxylic acids is 2. The molecular weight excluding hydrogens is 352 g/mol. The number of phenolic OH excluding ortho intramolecular Hbond substituents is 2. The largest absolute Gasteiger partial charge is 0.508 e. The monoisotopic (exact) mass is 370 g/mol. The fourth-order valence-electron chi connectivity index (χ4n) is 2.34. The summed E-state index contributed by atoms with van der Waals surface area (Å²) in [5.41, 5.74) is 1.10. The Morgan fingerprint density at radius 3 is 2.37 bits per heavy atom. The van der Waals surface area contributed by atoms with Crippen LogP contribution in [0.15, 0.2) is 51.7 Å². The van der Waals surface area contributed by atoms with Crippen molar-refractivity contribution in [1.29, 1.82) is 0 Å². The van der Waals surface area contributed by atoms with Crippen molar-refractivity contribution >= 4 is 22.5 Å². The molecule has 0 spiro atoms. The summed E-state index contributed by atoms with van der Waals surface area (Å²) in [5.74, 6) is -0.924. The molecule has 1 aromatic heterocycles. The van der Waals surface area contributed by atoms with Crippen LogP contribution in [0.5, 0.6) is 17.2 Å². The molecule has 2 N–H and O–H groups in total. The molecule has 1 heterocycles. The standard InChI is InChI=1S/C10H10O4.C10H8O3/c1-6(11)10(13)7-3-4-8(12)9(5-7)14-2;1-6-4-10(12)13-9-5-7(11)2-3-8(6)9/h3-5,12H,1-2H3;2-5,11H,1H3. The van der Waals surface area contributed by atoms with Crippen LogP contribution < -0.4 is 10.4 Å². The van der Waals surface area contributed by atoms with Crippen molar-refractivity contribution in [2.75, 3.05) is 7.11 Å². The maximum absolute atomic E-state index is 11.2. The van der Waals surface area contributed by atoms with Crippen molar-refractivity contribution in [3.05, 3.63) is 64.0 Å². The van der Waals surface area contributed by atoms with Gasteiger partial charge in [0.15, 0.2) is 17.3 Å². The summed E-state index contributed by atoms with van der Waals surface area (Å²) in [5, 5.41) is 19.2. The number of Topliss-reactive ketones (excluding diaryl/α,β-unsaturated/α-hetero) is 2. The van der Waals surface area contributed by atoms with Gasteiger partial charge in [-0.2, -0.15) is 0 Å². The molecule has 7 nitrogen and oxygen atoms in total. The third-order valence-corrected chi connectivity index (χ3v) is 3.70. The van der Waals surface area contributed by atoms with Crippen molar-refractivity contribution in [3.63, 3.8) is 0 Å². The van der Waals surface area contributed by atoms with Crippen LogP contribution in [0.4, 0.5) is 0 Å². The number of aromatic hydroxyl groups is 2. The number of methoxy groups -OCH3 is 1. The van der Waals surface area contributed by atoms with Crippen molar-refractivity contribution in [3.8, 4) is 17.2 Å². The Morgan fingerprint density at radius 2 is 1.74 bits per heavy atom. The van der Waals surface area contributed by atoms with Gasteiger partial charge in [0.25, 0.3) is 0 Å². The minimum Gasteiger partial charge on any atom is -0.508 e. The maximum atomic E-state index is 11.2. The summed E-state index contributed by atoms with van der Waals surface area (Å²) in [6.45, 7) is 3.03. The number of benzene rings is 2. The molecule has 27 heavy (non-hydrogen) atoms. The van der Waals surface area contributed by atoms with Crippen LogP contribution in [0.3, 0.4) is 0 Å². The molecule has 0 saturated carbocycles. The van der Waals surface area contributed by atoms with E-state index in [1.54, 1.807) is 12.1 Å². The molecule has 0 radical (unpaired) electrons. The van der Waals surface area contributed by atoms with Gasteiger partial charge >= 0.3 is 5.63 Å². The summed E-state index contributed by atoms with van der Waals surface area (Å²) in [6.07, 6.45) is 0. The predicted molar refractivity (Wildman–Crippen MR) is 98.6 cm³/mol. The number of carbonyl (C=O) groups is 2. The lowest BCUT2D eigenvalue weighted by atomic mass is 10.1. The van der Waals surface area contributed by atoms with Crippen molar-refractivity contribution in [2.45, 2.75) is 13.8 Å². The van der Waals surface area contributed by atoms with Crippen LogP contribution in [-0.2, 0) is 4.79 Å². The average Bonchev–Trinajstić information content (AvgIpc) is 2.61. The highest BCUT2D eigenvalue weighted by Gasteiger charge is 2.13. The van der Waals surface area contributed by atoms with Gasteiger partial charge in [0.1, 0.15) is 11.3 Å². The molecule has 0 aliphatic carbocycles. The lowest BCUT2D eigenvalue weighted by molar-refractivity contribution is -0.113. The molecule has 2 aromatic carbocycles. The minimum atomic E-state index is -0.594. The van der Waals surface area contributed by atoms with Crippen LogP contribution in [0.1, 0.15) is 22.8 Å². The summed E-state index contributed by atoms with van der Waals surface area (Å²) in [4.78, 5) is 33.0. The van der Waals surface area contributed by atoms with Crippen LogP contribution in [0, 0.1) is 6.92 Å². The van der Waals surface area contributed by atoms with Gasteiger partial charge in [-0.05, 0) is 42.8 Å². The second-order valence-corrected chi connectivity index (χ2v) is 5.70. The van der Waals surface area contributed by atoms with Crippen molar-refractivity contribution < 1.29 is 29.0 Å². The molecule has 0 amide bonds. The zero-order valence-corrected chi connectivity index (χ0v) is 15.0. The van der Waals surface area contributed by atoms with Crippen LogP contribution in [-0.4, -0.2) is 28.9 Å². The van der Waals surface area contributed by atoms with E-state index in [9.17, 15) is 19.5 Å². The Labute approximate surface area is 154 Å². The summed E-state index contributed by atoms with van der Waals surface area (Å²) >= 11 is 0. The Morgan fingerprint density at radius 1 is 1.04 bits per heavy atom. The van der Waals surface area contributed by atoms with Crippen LogP contribution in [0.25, 0.3) is 11.0 Å². The molecule has 0 unspecified atom stereocenters. The van der Waals surface area contributed by atoms with E-state index < -0.39 is 17.2 Å². The molecular formula is C20H18O7. The van der Waals surface area contributed by atoms with E-state index >= 15 is 0 Å². The Kier molecular flexibility index (Phi) is 5.97. The van der Waals surface area contributed by atoms with E-state index in [2.05, 4.69) is 0 Å². The number of ketones is 2. The minimum absolute atomic E-state index is 0.0624. The van der Waals surface area contributed by atoms with E-state index in [0.29, 0.717) is 5.58 Å². The highest BCUT2D eigenvalue weighted by Crippen LogP contribution is 2.26. The van der Waals surface area contributed by atoms with Gasteiger partial charge in [-0.1, -0.05) is 0 Å². The topological polar surface area (TPSA) is 114 Å². The smallest absolute Gasteiger partial charge is 0.336 e. The number of aryl methyl sites for hydroxylation is 1. The van der Waals surface area contributed by atoms with Gasteiger partial charge in [0.2, 0.25) is 5.78 Å². The number of hydrogen-bond acceptors (Lipinski definition) is 7. The maximum Gasteiger partial charge on any atom is 0.336 e. The van der Waals surface area contributed by atoms with Gasteiger partial charge in [-0.15, -0.1) is 0 Å². The number of phenols is 2. The molecule has 0 saturated heterocycles. The molecule has 3 rings (SSSR count). The molecule has 0 bridgehead atoms. The highest BCUT2D eigenvalue weighted by molar-refractivity contribution is 6.42. The van der Waals surface area contributed by atoms with E-state index in [4.69, 9.17) is 14.3 Å². The molecule has 0 aliphatic heterocycles. The average molecular weight is 370 g/mol. The second-order valence-electron chi connectivity index (χ2n) is 5.70. The number of ether oxygens (including phenoxy) is 1. The number of rotatable bonds is 3. The molecule has 0 fully saturated rings. The Hall–Kier alpha value is -3.61. The Balaban J connectivity index is 0.000000194. The molecule has 3 aromatic rings. The summed E-state index contributed by atoms with van der Waals surface area (Å²) in [7, 11) is 1.37. The highest BCUT2D eigenvalue weighted by atomic mass is 16.5. The third-order valence-electron chi connectivity index (χ3n) is 3.70. The van der Waals surface area contributed by atoms with Crippen molar-refractivity contribution in [2.24, 2.45) is 0 Å². The van der Waals surface area contributed by atoms with Crippen molar-refractivity contribution in [1.82, 2.24) is 0 Å². The van der Waals surface area contributed by atoms with Gasteiger partial charge in [0, 0.05) is 30.0 Å². The van der Waals surface area contributed by atoms with Crippen LogP contribution >= 0.6 is 0 Å². The van der Waals surface area contributed by atoms with Gasteiger partial charge in [0.05, 0.1) is 7.11 Å². The zero-order valence-electron chi connectivity index (χ0n) is 15.0. The zero-order chi connectivity index (χ0) is 20.1. The third kappa shape index (κ3) is 4.72. The molecule has 0 atom stereocenters. The second kappa shape index (κ2) is 8.18.